The number of nitrogens with zero attached hydrogens (tertiary/aromatic N) is 3. The standard InChI is InChI=1S/C16H23N5O8/c1-6(23)13(26)18-16-17-12-11(14(27)19-16)21(15(28)7(2)24)5-20(12)10-3-8(25)9(4-22)29-10/h6-10,22-25H,3-5H2,1-2H3,(H2,17,18,19,26,27)/t6?,7?,8-,9+,10+/m0/s1. The number of aromatic nitrogens is 2. The zero-order valence-electron chi connectivity index (χ0n) is 15.8. The van der Waals surface area contributed by atoms with Gasteiger partial charge in [0.25, 0.3) is 17.4 Å². The lowest BCUT2D eigenvalue weighted by Crippen LogP contribution is -2.44. The molecule has 0 aliphatic carbocycles. The number of carbonyl (C=O) groups is 2. The SMILES string of the molecule is CC(O)C(=O)Nc1nc2c(c(=O)[nH]1)N(C(=O)C(C)O)CN2[C@H]1C[C@H](O)[C@@H](CO)O1. The van der Waals surface area contributed by atoms with Crippen LogP contribution in [0.15, 0.2) is 4.79 Å². The Bertz CT molecular complexity index is 856. The Hall–Kier alpha value is -2.58. The van der Waals surface area contributed by atoms with E-state index in [-0.39, 0.29) is 30.5 Å². The van der Waals surface area contributed by atoms with Crippen molar-refractivity contribution in [3.8, 4) is 0 Å². The molecule has 0 spiro atoms. The molecule has 160 valence electrons. The van der Waals surface area contributed by atoms with Gasteiger partial charge in [0.15, 0.2) is 11.5 Å². The van der Waals surface area contributed by atoms with Gasteiger partial charge in [-0.25, -0.2) is 0 Å². The van der Waals surface area contributed by atoms with Crippen LogP contribution in [0.2, 0.25) is 0 Å². The summed E-state index contributed by atoms with van der Waals surface area (Å²) in [5.74, 6) is -1.82. The zero-order valence-corrected chi connectivity index (χ0v) is 15.8. The smallest absolute Gasteiger partial charge is 0.278 e. The van der Waals surface area contributed by atoms with Crippen molar-refractivity contribution in [2.24, 2.45) is 0 Å². The summed E-state index contributed by atoms with van der Waals surface area (Å²) < 4.78 is 5.60. The van der Waals surface area contributed by atoms with Gasteiger partial charge in [0.2, 0.25) is 5.95 Å². The minimum atomic E-state index is -1.39. The van der Waals surface area contributed by atoms with E-state index >= 15 is 0 Å². The summed E-state index contributed by atoms with van der Waals surface area (Å²) in [5, 5.41) is 40.6. The molecule has 0 bridgehead atoms. The molecule has 6 N–H and O–H groups in total. The first kappa shape index (κ1) is 21.1. The normalized spacial score (nSPS) is 25.7. The minimum Gasteiger partial charge on any atom is -0.394 e. The van der Waals surface area contributed by atoms with Crippen LogP contribution in [-0.4, -0.2) is 86.1 Å². The van der Waals surface area contributed by atoms with E-state index in [1.807, 2.05) is 0 Å². The van der Waals surface area contributed by atoms with E-state index in [1.165, 1.54) is 18.7 Å². The highest BCUT2D eigenvalue weighted by Gasteiger charge is 2.44. The van der Waals surface area contributed by atoms with Crippen molar-refractivity contribution in [2.45, 2.75) is 50.9 Å². The number of H-pyrrole nitrogens is 1. The molecule has 13 heteroatoms. The fourth-order valence-electron chi connectivity index (χ4n) is 3.17. The Morgan fingerprint density at radius 2 is 2.03 bits per heavy atom. The Balaban J connectivity index is 2.01. The van der Waals surface area contributed by atoms with Crippen LogP contribution < -0.4 is 20.7 Å². The van der Waals surface area contributed by atoms with E-state index in [0.717, 1.165) is 4.90 Å². The van der Waals surface area contributed by atoms with Crippen molar-refractivity contribution in [3.63, 3.8) is 0 Å². The molecule has 1 saturated heterocycles. The second kappa shape index (κ2) is 8.04. The molecule has 0 aromatic carbocycles. The van der Waals surface area contributed by atoms with Crippen molar-refractivity contribution >= 4 is 29.3 Å². The Morgan fingerprint density at radius 3 is 2.59 bits per heavy atom. The number of carbonyl (C=O) groups excluding carboxylic acids is 2. The molecule has 2 aliphatic rings. The lowest BCUT2D eigenvalue weighted by Gasteiger charge is -2.26. The van der Waals surface area contributed by atoms with Gasteiger partial charge >= 0.3 is 0 Å². The van der Waals surface area contributed by atoms with E-state index in [1.54, 1.807) is 0 Å². The van der Waals surface area contributed by atoms with Crippen LogP contribution in [-0.2, 0) is 14.3 Å². The van der Waals surface area contributed by atoms with Crippen molar-refractivity contribution in [1.82, 2.24) is 9.97 Å². The van der Waals surface area contributed by atoms with Crippen LogP contribution in [0.25, 0.3) is 0 Å². The first-order valence-electron chi connectivity index (χ1n) is 8.97. The van der Waals surface area contributed by atoms with E-state index in [4.69, 9.17) is 4.74 Å². The number of amides is 2. The van der Waals surface area contributed by atoms with Crippen molar-refractivity contribution in [1.29, 1.82) is 0 Å². The Morgan fingerprint density at radius 1 is 1.34 bits per heavy atom. The van der Waals surface area contributed by atoms with Gasteiger partial charge < -0.3 is 30.1 Å². The molecular formula is C16H23N5O8. The van der Waals surface area contributed by atoms with Crippen LogP contribution in [0.3, 0.4) is 0 Å². The molecule has 0 saturated carbocycles. The van der Waals surface area contributed by atoms with E-state index in [9.17, 15) is 34.8 Å². The second-order valence-corrected chi connectivity index (χ2v) is 6.92. The number of aromatic amines is 1. The minimum absolute atomic E-state index is 0.0144. The largest absolute Gasteiger partial charge is 0.394 e. The maximum absolute atomic E-state index is 12.6. The van der Waals surface area contributed by atoms with Gasteiger partial charge in [-0.05, 0) is 13.8 Å². The lowest BCUT2D eigenvalue weighted by atomic mass is 10.2. The van der Waals surface area contributed by atoms with Crippen LogP contribution >= 0.6 is 0 Å². The number of rotatable bonds is 5. The first-order valence-corrected chi connectivity index (χ1v) is 8.97. The average molecular weight is 413 g/mol. The van der Waals surface area contributed by atoms with Gasteiger partial charge in [-0.2, -0.15) is 4.98 Å². The summed E-state index contributed by atoms with van der Waals surface area (Å²) in [6.07, 6.45) is -5.30. The average Bonchev–Trinajstić information content (AvgIpc) is 3.21. The summed E-state index contributed by atoms with van der Waals surface area (Å²) in [6.45, 7) is 1.87. The number of ether oxygens (including phenoxy) is 1. The van der Waals surface area contributed by atoms with Crippen LogP contribution in [0.5, 0.6) is 0 Å². The van der Waals surface area contributed by atoms with Crippen LogP contribution in [0.4, 0.5) is 17.5 Å². The van der Waals surface area contributed by atoms with E-state index in [0.29, 0.717) is 0 Å². The highest BCUT2D eigenvalue weighted by molar-refractivity contribution is 6.01. The first-order chi connectivity index (χ1) is 13.6. The molecule has 3 rings (SSSR count). The monoisotopic (exact) mass is 413 g/mol. The fraction of sp³-hybridized carbons (Fsp3) is 0.625. The van der Waals surface area contributed by atoms with E-state index in [2.05, 4.69) is 15.3 Å². The highest BCUT2D eigenvalue weighted by Crippen LogP contribution is 2.37. The summed E-state index contributed by atoms with van der Waals surface area (Å²) in [4.78, 5) is 45.7. The third kappa shape index (κ3) is 3.95. The van der Waals surface area contributed by atoms with Gasteiger partial charge in [0.1, 0.15) is 31.2 Å². The van der Waals surface area contributed by atoms with Crippen LogP contribution in [0, 0.1) is 0 Å². The molecule has 3 heterocycles. The molecular weight excluding hydrogens is 390 g/mol. The predicted molar refractivity (Wildman–Crippen MR) is 98.1 cm³/mol. The quantitative estimate of drug-likeness (QED) is 0.291. The topological polar surface area (TPSA) is 189 Å². The second-order valence-electron chi connectivity index (χ2n) is 6.92. The Kier molecular flexibility index (Phi) is 5.86. The number of aliphatic hydroxyl groups excluding tert-OH is 4. The lowest BCUT2D eigenvalue weighted by molar-refractivity contribution is -0.125. The molecule has 2 amide bonds. The fourth-order valence-corrected chi connectivity index (χ4v) is 3.17. The van der Waals surface area contributed by atoms with Gasteiger partial charge in [0.05, 0.1) is 12.7 Å². The summed E-state index contributed by atoms with van der Waals surface area (Å²) in [5.41, 5.74) is -0.916. The molecule has 1 aromatic heterocycles. The molecule has 13 nitrogen and oxygen atoms in total. The zero-order chi connectivity index (χ0) is 21.5. The molecule has 2 unspecified atom stereocenters. The third-order valence-corrected chi connectivity index (χ3v) is 4.69. The van der Waals surface area contributed by atoms with Gasteiger partial charge in [0, 0.05) is 6.42 Å². The maximum Gasteiger partial charge on any atom is 0.278 e. The number of hydrogen-bond donors (Lipinski definition) is 6. The molecule has 0 radical (unpaired) electrons. The number of nitrogens with one attached hydrogen (secondary N) is 2. The number of fused-ring (bicyclic) bond motifs is 1. The molecule has 2 aliphatic heterocycles. The summed E-state index contributed by atoms with van der Waals surface area (Å²) in [7, 11) is 0. The summed E-state index contributed by atoms with van der Waals surface area (Å²) >= 11 is 0. The van der Waals surface area contributed by atoms with Crippen molar-refractivity contribution in [2.75, 3.05) is 28.4 Å². The molecule has 1 aromatic rings. The molecule has 1 fully saturated rings. The highest BCUT2D eigenvalue weighted by atomic mass is 16.5. The van der Waals surface area contributed by atoms with Gasteiger partial charge in [-0.3, -0.25) is 29.6 Å². The molecule has 5 atom stereocenters. The number of hydrogen-bond acceptors (Lipinski definition) is 10. The van der Waals surface area contributed by atoms with Gasteiger partial charge in [-0.1, -0.05) is 0 Å². The predicted octanol–water partition coefficient (Wildman–Crippen LogP) is -2.95. The maximum atomic E-state index is 12.6. The van der Waals surface area contributed by atoms with Crippen molar-refractivity contribution in [3.05, 3.63) is 10.4 Å². The van der Waals surface area contributed by atoms with E-state index < -0.39 is 54.6 Å². The number of aliphatic hydroxyl groups is 4. The summed E-state index contributed by atoms with van der Waals surface area (Å²) in [6, 6.07) is 0. The third-order valence-electron chi connectivity index (χ3n) is 4.69. The molecule has 29 heavy (non-hydrogen) atoms. The Labute approximate surface area is 164 Å². The number of anilines is 3. The van der Waals surface area contributed by atoms with Crippen LogP contribution in [0.1, 0.15) is 20.3 Å². The van der Waals surface area contributed by atoms with Crippen molar-refractivity contribution < 1.29 is 34.8 Å². The van der Waals surface area contributed by atoms with Gasteiger partial charge in [-0.15, -0.1) is 0 Å².